The van der Waals surface area contributed by atoms with Crippen LogP contribution in [0.25, 0.3) is 10.9 Å². The molecule has 0 saturated heterocycles. The zero-order valence-electron chi connectivity index (χ0n) is 14.6. The summed E-state index contributed by atoms with van der Waals surface area (Å²) in [4.78, 5) is 25.8. The fourth-order valence-corrected chi connectivity index (χ4v) is 3.25. The van der Waals surface area contributed by atoms with Crippen molar-refractivity contribution in [3.05, 3.63) is 65.6 Å². The van der Waals surface area contributed by atoms with Gasteiger partial charge in [-0.3, -0.25) is 4.79 Å². The van der Waals surface area contributed by atoms with E-state index in [0.717, 1.165) is 10.9 Å². The van der Waals surface area contributed by atoms with Crippen LogP contribution in [0.15, 0.2) is 48.5 Å². The molecule has 2 aromatic carbocycles. The van der Waals surface area contributed by atoms with Gasteiger partial charge in [-0.05, 0) is 25.1 Å². The Morgan fingerprint density at radius 2 is 1.77 bits per heavy atom. The van der Waals surface area contributed by atoms with Gasteiger partial charge in [0.15, 0.2) is 0 Å². The largest absolute Gasteiger partial charge is 0.477 e. The van der Waals surface area contributed by atoms with Gasteiger partial charge in [0.2, 0.25) is 5.91 Å². The first-order valence-corrected chi connectivity index (χ1v) is 8.30. The van der Waals surface area contributed by atoms with Crippen molar-refractivity contribution < 1.29 is 19.1 Å². The fourth-order valence-electron chi connectivity index (χ4n) is 3.25. The van der Waals surface area contributed by atoms with Crippen molar-refractivity contribution in [2.24, 2.45) is 0 Å². The highest BCUT2D eigenvalue weighted by atomic mass is 19.1. The van der Waals surface area contributed by atoms with Crippen molar-refractivity contribution in [3.63, 3.8) is 0 Å². The molecule has 0 spiro atoms. The first-order chi connectivity index (χ1) is 12.5. The molecule has 0 fully saturated rings. The van der Waals surface area contributed by atoms with E-state index in [1.807, 2.05) is 25.1 Å². The van der Waals surface area contributed by atoms with Gasteiger partial charge in [0.1, 0.15) is 11.5 Å². The zero-order valence-corrected chi connectivity index (χ0v) is 14.6. The maximum atomic E-state index is 14.0. The van der Waals surface area contributed by atoms with Crippen molar-refractivity contribution in [1.29, 1.82) is 0 Å². The van der Waals surface area contributed by atoms with Gasteiger partial charge in [-0.15, -0.1) is 0 Å². The molecule has 134 valence electrons. The number of carbonyl (C=O) groups excluding carboxylic acids is 1. The van der Waals surface area contributed by atoms with E-state index >= 15 is 0 Å². The fraction of sp³-hybridized carbons (Fsp3) is 0.200. The number of aromatic nitrogens is 1. The second-order valence-electron chi connectivity index (χ2n) is 5.97. The number of hydrogen-bond donors (Lipinski definition) is 1. The average molecular weight is 354 g/mol. The number of hydrogen-bond acceptors (Lipinski definition) is 2. The molecule has 0 aliphatic rings. The number of aromatic carboxylic acids is 1. The Hall–Kier alpha value is -3.15. The normalized spacial score (nSPS) is 10.9. The number of likely N-dealkylation sites (N-methyl/N-ethyl adjacent to an activating group) is 1. The third-order valence-electron chi connectivity index (χ3n) is 4.51. The number of aryl methyl sites for hydroxylation is 1. The second kappa shape index (κ2) is 7.00. The Labute approximate surface area is 150 Å². The van der Waals surface area contributed by atoms with Crippen LogP contribution >= 0.6 is 0 Å². The van der Waals surface area contributed by atoms with Gasteiger partial charge < -0.3 is 14.6 Å². The average Bonchev–Trinajstić information content (AvgIpc) is 2.95. The molecule has 0 aliphatic heterocycles. The number of benzene rings is 2. The summed E-state index contributed by atoms with van der Waals surface area (Å²) in [5.41, 5.74) is 1.48. The van der Waals surface area contributed by atoms with E-state index < -0.39 is 11.8 Å². The van der Waals surface area contributed by atoms with Crippen LogP contribution in [0.5, 0.6) is 0 Å². The molecule has 5 nitrogen and oxygen atoms in total. The van der Waals surface area contributed by atoms with Crippen molar-refractivity contribution >= 4 is 28.5 Å². The lowest BCUT2D eigenvalue weighted by atomic mass is 10.1. The van der Waals surface area contributed by atoms with Crippen LogP contribution in [0, 0.1) is 5.82 Å². The number of amides is 1. The number of carboxylic acids is 1. The summed E-state index contributed by atoms with van der Waals surface area (Å²) in [6.07, 6.45) is -0.125. The van der Waals surface area contributed by atoms with E-state index in [0.29, 0.717) is 12.1 Å². The number of fused-ring (bicyclic) bond motifs is 1. The second-order valence-corrected chi connectivity index (χ2v) is 5.97. The standard InChI is InChI=1S/C20H19FN2O3/c1-3-23-16-10-6-4-8-13(16)14(19(23)20(25)26)12-18(24)22(2)17-11-7-5-9-15(17)21/h4-11H,3,12H2,1-2H3,(H,25,26). The third-order valence-corrected chi connectivity index (χ3v) is 4.51. The molecular weight excluding hydrogens is 335 g/mol. The summed E-state index contributed by atoms with van der Waals surface area (Å²) < 4.78 is 15.7. The van der Waals surface area contributed by atoms with Gasteiger partial charge in [0.25, 0.3) is 0 Å². The molecule has 1 N–H and O–H groups in total. The Morgan fingerprint density at radius 1 is 1.12 bits per heavy atom. The summed E-state index contributed by atoms with van der Waals surface area (Å²) in [7, 11) is 1.49. The monoisotopic (exact) mass is 354 g/mol. The van der Waals surface area contributed by atoms with Gasteiger partial charge in [-0.25, -0.2) is 9.18 Å². The van der Waals surface area contributed by atoms with Gasteiger partial charge in [-0.1, -0.05) is 30.3 Å². The molecule has 0 unspecified atom stereocenters. The van der Waals surface area contributed by atoms with Crippen LogP contribution < -0.4 is 4.90 Å². The van der Waals surface area contributed by atoms with Gasteiger partial charge in [0.05, 0.1) is 12.1 Å². The number of nitrogens with zero attached hydrogens (tertiary/aromatic N) is 2. The lowest BCUT2D eigenvalue weighted by Gasteiger charge is -2.18. The number of carboxylic acid groups (broad SMARTS) is 1. The number of carbonyl (C=O) groups is 2. The Balaban J connectivity index is 2.06. The Bertz CT molecular complexity index is 994. The first kappa shape index (κ1) is 17.7. The van der Waals surface area contributed by atoms with Crippen LogP contribution in [0.2, 0.25) is 0 Å². The SMILES string of the molecule is CCn1c(C(=O)O)c(CC(=O)N(C)c2ccccc2F)c2ccccc21. The zero-order chi connectivity index (χ0) is 18.8. The molecule has 6 heteroatoms. The van der Waals surface area contributed by atoms with E-state index in [-0.39, 0.29) is 23.7 Å². The molecule has 0 radical (unpaired) electrons. The van der Waals surface area contributed by atoms with E-state index in [1.54, 1.807) is 22.8 Å². The van der Waals surface area contributed by atoms with Crippen molar-refractivity contribution in [3.8, 4) is 0 Å². The minimum absolute atomic E-state index is 0.101. The van der Waals surface area contributed by atoms with E-state index in [9.17, 15) is 19.1 Å². The van der Waals surface area contributed by atoms with E-state index in [1.165, 1.54) is 24.1 Å². The van der Waals surface area contributed by atoms with Crippen LogP contribution in [-0.4, -0.2) is 28.6 Å². The molecule has 1 amide bonds. The number of para-hydroxylation sites is 2. The minimum Gasteiger partial charge on any atom is -0.477 e. The molecule has 3 rings (SSSR count). The molecule has 1 aromatic heterocycles. The minimum atomic E-state index is -1.08. The van der Waals surface area contributed by atoms with Crippen LogP contribution in [-0.2, 0) is 17.8 Å². The van der Waals surface area contributed by atoms with Gasteiger partial charge in [-0.2, -0.15) is 0 Å². The Morgan fingerprint density at radius 3 is 2.42 bits per heavy atom. The maximum Gasteiger partial charge on any atom is 0.352 e. The molecule has 0 saturated carbocycles. The van der Waals surface area contributed by atoms with Crippen LogP contribution in [0.1, 0.15) is 23.0 Å². The molecule has 0 bridgehead atoms. The maximum absolute atomic E-state index is 14.0. The van der Waals surface area contributed by atoms with E-state index in [4.69, 9.17) is 0 Å². The molecule has 0 atom stereocenters. The molecule has 3 aromatic rings. The van der Waals surface area contributed by atoms with Crippen molar-refractivity contribution in [1.82, 2.24) is 4.57 Å². The van der Waals surface area contributed by atoms with Gasteiger partial charge in [0, 0.05) is 30.1 Å². The lowest BCUT2D eigenvalue weighted by molar-refractivity contribution is -0.117. The number of anilines is 1. The number of halogens is 1. The Kier molecular flexibility index (Phi) is 4.75. The third kappa shape index (κ3) is 2.94. The summed E-state index contributed by atoms with van der Waals surface area (Å²) >= 11 is 0. The summed E-state index contributed by atoms with van der Waals surface area (Å²) in [5, 5.41) is 10.4. The molecular formula is C20H19FN2O3. The molecule has 0 aliphatic carbocycles. The summed E-state index contributed by atoms with van der Waals surface area (Å²) in [6, 6.07) is 13.3. The topological polar surface area (TPSA) is 62.5 Å². The number of rotatable bonds is 5. The predicted molar refractivity (Wildman–Crippen MR) is 98.1 cm³/mol. The smallest absolute Gasteiger partial charge is 0.352 e. The molecule has 26 heavy (non-hydrogen) atoms. The van der Waals surface area contributed by atoms with Crippen molar-refractivity contribution in [2.75, 3.05) is 11.9 Å². The van der Waals surface area contributed by atoms with Crippen LogP contribution in [0.4, 0.5) is 10.1 Å². The highest BCUT2D eigenvalue weighted by molar-refractivity contribution is 6.03. The predicted octanol–water partition coefficient (Wildman–Crippen LogP) is 3.70. The van der Waals surface area contributed by atoms with E-state index in [2.05, 4.69) is 0 Å². The summed E-state index contributed by atoms with van der Waals surface area (Å²) in [5.74, 6) is -1.96. The highest BCUT2D eigenvalue weighted by Gasteiger charge is 2.25. The lowest BCUT2D eigenvalue weighted by Crippen LogP contribution is -2.29. The highest BCUT2D eigenvalue weighted by Crippen LogP contribution is 2.28. The molecule has 1 heterocycles. The first-order valence-electron chi connectivity index (χ1n) is 8.30. The van der Waals surface area contributed by atoms with Gasteiger partial charge >= 0.3 is 5.97 Å². The summed E-state index contributed by atoms with van der Waals surface area (Å²) in [6.45, 7) is 2.33. The van der Waals surface area contributed by atoms with Crippen LogP contribution in [0.3, 0.4) is 0 Å². The quantitative estimate of drug-likeness (QED) is 0.760. The van der Waals surface area contributed by atoms with Crippen molar-refractivity contribution in [2.45, 2.75) is 19.9 Å².